The second kappa shape index (κ2) is 3.69. The standard InChI is InChI=1S/C7H15N3O/c1-10-4-2-3-6(10)5-7(11)9-8/h6H,2-5,8H2,1H3,(H,9,11)/t6-/m0/s1. The Morgan fingerprint density at radius 2 is 2.55 bits per heavy atom. The molecule has 4 heteroatoms. The topological polar surface area (TPSA) is 58.4 Å². The average molecular weight is 157 g/mol. The highest BCUT2D eigenvalue weighted by Crippen LogP contribution is 2.17. The Balaban J connectivity index is 2.30. The predicted molar refractivity (Wildman–Crippen MR) is 42.6 cm³/mol. The molecule has 0 radical (unpaired) electrons. The van der Waals surface area contributed by atoms with Gasteiger partial charge in [0.15, 0.2) is 0 Å². The van der Waals surface area contributed by atoms with Gasteiger partial charge in [-0.25, -0.2) is 5.84 Å². The summed E-state index contributed by atoms with van der Waals surface area (Å²) in [5, 5.41) is 0. The normalized spacial score (nSPS) is 25.5. The minimum Gasteiger partial charge on any atom is -0.303 e. The van der Waals surface area contributed by atoms with Gasteiger partial charge in [0.2, 0.25) is 5.91 Å². The van der Waals surface area contributed by atoms with Crippen molar-refractivity contribution in [3.63, 3.8) is 0 Å². The van der Waals surface area contributed by atoms with E-state index in [0.717, 1.165) is 13.0 Å². The minimum atomic E-state index is -0.0660. The Morgan fingerprint density at radius 3 is 3.00 bits per heavy atom. The fourth-order valence-corrected chi connectivity index (χ4v) is 1.51. The van der Waals surface area contributed by atoms with Crippen molar-refractivity contribution in [1.29, 1.82) is 0 Å². The highest BCUT2D eigenvalue weighted by Gasteiger charge is 2.22. The second-order valence-corrected chi connectivity index (χ2v) is 3.05. The molecule has 1 heterocycles. The number of nitrogens with two attached hydrogens (primary N) is 1. The highest BCUT2D eigenvalue weighted by atomic mass is 16.2. The summed E-state index contributed by atoms with van der Waals surface area (Å²) in [6.07, 6.45) is 2.84. The first kappa shape index (κ1) is 8.49. The second-order valence-electron chi connectivity index (χ2n) is 3.05. The van der Waals surface area contributed by atoms with Gasteiger partial charge < -0.3 is 4.90 Å². The summed E-state index contributed by atoms with van der Waals surface area (Å²) in [7, 11) is 2.04. The molecule has 0 aromatic rings. The molecule has 1 rings (SSSR count). The van der Waals surface area contributed by atoms with Crippen molar-refractivity contribution in [3.05, 3.63) is 0 Å². The Labute approximate surface area is 66.7 Å². The molecule has 0 aromatic heterocycles. The van der Waals surface area contributed by atoms with Gasteiger partial charge in [-0.05, 0) is 26.4 Å². The SMILES string of the molecule is CN1CCC[C@H]1CC(=O)NN. The number of hydrazine groups is 1. The number of rotatable bonds is 2. The number of amides is 1. The van der Waals surface area contributed by atoms with E-state index < -0.39 is 0 Å². The van der Waals surface area contributed by atoms with Crippen LogP contribution >= 0.6 is 0 Å². The fourth-order valence-electron chi connectivity index (χ4n) is 1.51. The zero-order valence-corrected chi connectivity index (χ0v) is 6.84. The van der Waals surface area contributed by atoms with E-state index in [4.69, 9.17) is 5.84 Å². The summed E-state index contributed by atoms with van der Waals surface area (Å²) in [6.45, 7) is 1.10. The molecule has 1 fully saturated rings. The van der Waals surface area contributed by atoms with Crippen LogP contribution in [0.1, 0.15) is 19.3 Å². The van der Waals surface area contributed by atoms with Crippen LogP contribution in [0, 0.1) is 0 Å². The first-order valence-electron chi connectivity index (χ1n) is 3.93. The van der Waals surface area contributed by atoms with Gasteiger partial charge in [0.1, 0.15) is 0 Å². The molecule has 0 unspecified atom stereocenters. The number of hydrogen-bond acceptors (Lipinski definition) is 3. The maximum absolute atomic E-state index is 10.9. The number of carbonyl (C=O) groups is 1. The van der Waals surface area contributed by atoms with Crippen LogP contribution < -0.4 is 11.3 Å². The fraction of sp³-hybridized carbons (Fsp3) is 0.857. The van der Waals surface area contributed by atoms with E-state index >= 15 is 0 Å². The molecule has 0 spiro atoms. The van der Waals surface area contributed by atoms with Gasteiger partial charge >= 0.3 is 0 Å². The summed E-state index contributed by atoms with van der Waals surface area (Å²) in [5.41, 5.74) is 2.15. The van der Waals surface area contributed by atoms with Crippen molar-refractivity contribution >= 4 is 5.91 Å². The van der Waals surface area contributed by atoms with Gasteiger partial charge in [0, 0.05) is 12.5 Å². The zero-order chi connectivity index (χ0) is 8.27. The number of nitrogens with one attached hydrogen (secondary N) is 1. The van der Waals surface area contributed by atoms with Crippen LogP contribution in [0.4, 0.5) is 0 Å². The molecule has 1 amide bonds. The third kappa shape index (κ3) is 2.17. The molecule has 0 aromatic carbocycles. The maximum Gasteiger partial charge on any atom is 0.235 e. The van der Waals surface area contributed by atoms with Crippen LogP contribution in [0.15, 0.2) is 0 Å². The maximum atomic E-state index is 10.9. The van der Waals surface area contributed by atoms with E-state index in [1.807, 2.05) is 7.05 Å². The summed E-state index contributed by atoms with van der Waals surface area (Å²) >= 11 is 0. The van der Waals surface area contributed by atoms with E-state index in [2.05, 4.69) is 10.3 Å². The lowest BCUT2D eigenvalue weighted by Gasteiger charge is -2.17. The summed E-state index contributed by atoms with van der Waals surface area (Å²) in [4.78, 5) is 13.1. The first-order valence-corrected chi connectivity index (χ1v) is 3.93. The zero-order valence-electron chi connectivity index (χ0n) is 6.84. The number of nitrogens with zero attached hydrogens (tertiary/aromatic N) is 1. The van der Waals surface area contributed by atoms with Gasteiger partial charge in [0.05, 0.1) is 0 Å². The van der Waals surface area contributed by atoms with Crippen molar-refractivity contribution in [1.82, 2.24) is 10.3 Å². The van der Waals surface area contributed by atoms with Crippen LogP contribution in [-0.2, 0) is 4.79 Å². The van der Waals surface area contributed by atoms with Crippen LogP contribution in [-0.4, -0.2) is 30.4 Å². The molecule has 0 bridgehead atoms. The Hall–Kier alpha value is -0.610. The van der Waals surface area contributed by atoms with E-state index in [9.17, 15) is 4.79 Å². The molecule has 0 aliphatic carbocycles. The predicted octanol–water partition coefficient (Wildman–Crippen LogP) is -0.539. The Kier molecular flexibility index (Phi) is 2.84. The van der Waals surface area contributed by atoms with Crippen LogP contribution in [0.3, 0.4) is 0 Å². The van der Waals surface area contributed by atoms with Gasteiger partial charge in [-0.3, -0.25) is 10.2 Å². The largest absolute Gasteiger partial charge is 0.303 e. The molecule has 1 atom stereocenters. The third-order valence-corrected chi connectivity index (χ3v) is 2.25. The van der Waals surface area contributed by atoms with Crippen molar-refractivity contribution in [3.8, 4) is 0 Å². The van der Waals surface area contributed by atoms with Crippen LogP contribution in [0.25, 0.3) is 0 Å². The quantitative estimate of drug-likeness (QED) is 0.321. The first-order chi connectivity index (χ1) is 5.24. The molecule has 64 valence electrons. The molecular weight excluding hydrogens is 142 g/mol. The Morgan fingerprint density at radius 1 is 1.82 bits per heavy atom. The minimum absolute atomic E-state index is 0.0660. The summed E-state index contributed by atoms with van der Waals surface area (Å²) < 4.78 is 0. The molecule has 4 nitrogen and oxygen atoms in total. The van der Waals surface area contributed by atoms with E-state index in [-0.39, 0.29) is 5.91 Å². The lowest BCUT2D eigenvalue weighted by Crippen LogP contribution is -2.36. The van der Waals surface area contributed by atoms with Crippen molar-refractivity contribution in [2.24, 2.45) is 5.84 Å². The highest BCUT2D eigenvalue weighted by molar-refractivity contribution is 5.75. The number of hydrogen-bond donors (Lipinski definition) is 2. The Bertz CT molecular complexity index is 149. The molecular formula is C7H15N3O. The van der Waals surface area contributed by atoms with E-state index in [1.54, 1.807) is 0 Å². The van der Waals surface area contributed by atoms with Crippen molar-refractivity contribution in [2.75, 3.05) is 13.6 Å². The van der Waals surface area contributed by atoms with Crippen LogP contribution in [0.5, 0.6) is 0 Å². The lowest BCUT2D eigenvalue weighted by atomic mass is 10.1. The monoisotopic (exact) mass is 157 g/mol. The van der Waals surface area contributed by atoms with E-state index in [0.29, 0.717) is 12.5 Å². The molecule has 1 aliphatic rings. The summed E-state index contributed by atoms with van der Waals surface area (Å²) in [5.74, 6) is 4.91. The lowest BCUT2D eigenvalue weighted by molar-refractivity contribution is -0.122. The number of carbonyl (C=O) groups excluding carboxylic acids is 1. The molecule has 11 heavy (non-hydrogen) atoms. The number of likely N-dealkylation sites (tertiary alicyclic amines) is 1. The third-order valence-electron chi connectivity index (χ3n) is 2.25. The van der Waals surface area contributed by atoms with Gasteiger partial charge in [-0.1, -0.05) is 0 Å². The van der Waals surface area contributed by atoms with Gasteiger partial charge in [-0.2, -0.15) is 0 Å². The smallest absolute Gasteiger partial charge is 0.235 e. The van der Waals surface area contributed by atoms with Crippen molar-refractivity contribution in [2.45, 2.75) is 25.3 Å². The molecule has 1 saturated heterocycles. The molecule has 3 N–H and O–H groups in total. The molecule has 0 saturated carbocycles. The van der Waals surface area contributed by atoms with Crippen LogP contribution in [0.2, 0.25) is 0 Å². The average Bonchev–Trinajstić information content (AvgIpc) is 2.37. The van der Waals surface area contributed by atoms with Gasteiger partial charge in [-0.15, -0.1) is 0 Å². The summed E-state index contributed by atoms with van der Waals surface area (Å²) in [6, 6.07) is 0.401. The molecule has 1 aliphatic heterocycles. The van der Waals surface area contributed by atoms with Gasteiger partial charge in [0.25, 0.3) is 0 Å². The van der Waals surface area contributed by atoms with Crippen molar-refractivity contribution < 1.29 is 4.79 Å². The van der Waals surface area contributed by atoms with E-state index in [1.165, 1.54) is 6.42 Å².